The van der Waals surface area contributed by atoms with Crippen LogP contribution in [-0.4, -0.2) is 25.5 Å². The molecule has 3 rings (SSSR count). The maximum atomic E-state index is 12.0. The quantitative estimate of drug-likeness (QED) is 0.895. The van der Waals surface area contributed by atoms with Crippen molar-refractivity contribution in [3.63, 3.8) is 0 Å². The second-order valence-corrected chi connectivity index (χ2v) is 4.82. The van der Waals surface area contributed by atoms with Crippen molar-refractivity contribution in [2.45, 2.75) is 32.2 Å². The van der Waals surface area contributed by atoms with Crippen molar-refractivity contribution in [3.05, 3.63) is 29.7 Å². The molecule has 0 spiro atoms. The summed E-state index contributed by atoms with van der Waals surface area (Å²) < 4.78 is 3.53. The van der Waals surface area contributed by atoms with E-state index in [-0.39, 0.29) is 5.91 Å². The van der Waals surface area contributed by atoms with Gasteiger partial charge in [-0.25, -0.2) is 0 Å². The zero-order valence-corrected chi connectivity index (χ0v) is 11.0. The van der Waals surface area contributed by atoms with E-state index in [1.807, 2.05) is 19.3 Å². The average Bonchev–Trinajstić information content (AvgIpc) is 3.07. The monoisotopic (exact) mass is 259 g/mol. The Hall–Kier alpha value is -2.11. The van der Waals surface area contributed by atoms with Crippen LogP contribution in [0.15, 0.2) is 18.5 Å². The molecule has 0 radical (unpaired) electrons. The van der Waals surface area contributed by atoms with Gasteiger partial charge in [-0.2, -0.15) is 10.2 Å². The molecule has 1 aliphatic carbocycles. The van der Waals surface area contributed by atoms with Crippen LogP contribution in [0.4, 0.5) is 5.82 Å². The number of anilines is 1. The Morgan fingerprint density at radius 3 is 3.16 bits per heavy atom. The fourth-order valence-corrected chi connectivity index (χ4v) is 2.52. The van der Waals surface area contributed by atoms with Gasteiger partial charge < -0.3 is 5.32 Å². The molecule has 1 amide bonds. The number of carbonyl (C=O) groups excluding carboxylic acids is 1. The molecular weight excluding hydrogens is 242 g/mol. The van der Waals surface area contributed by atoms with Gasteiger partial charge in [-0.1, -0.05) is 0 Å². The molecule has 0 bridgehead atoms. The van der Waals surface area contributed by atoms with E-state index in [0.29, 0.717) is 13.0 Å². The van der Waals surface area contributed by atoms with Crippen molar-refractivity contribution in [3.8, 4) is 0 Å². The largest absolute Gasteiger partial charge is 0.311 e. The van der Waals surface area contributed by atoms with Crippen molar-refractivity contribution in [2.75, 3.05) is 5.32 Å². The van der Waals surface area contributed by atoms with Crippen molar-refractivity contribution in [1.82, 2.24) is 19.6 Å². The molecule has 0 saturated carbocycles. The maximum absolute atomic E-state index is 12.0. The molecule has 2 aromatic rings. The molecule has 0 atom stereocenters. The predicted octanol–water partition coefficient (Wildman–Crippen LogP) is 1.13. The number of nitrogens with zero attached hydrogens (tertiary/aromatic N) is 4. The second-order valence-electron chi connectivity index (χ2n) is 4.82. The van der Waals surface area contributed by atoms with Gasteiger partial charge in [-0.05, 0) is 25.3 Å². The van der Waals surface area contributed by atoms with E-state index in [9.17, 15) is 4.79 Å². The van der Waals surface area contributed by atoms with E-state index < -0.39 is 0 Å². The number of fused-ring (bicyclic) bond motifs is 1. The number of aryl methyl sites for hydroxylation is 3. The molecular formula is C13H17N5O. The van der Waals surface area contributed by atoms with E-state index in [1.165, 1.54) is 5.56 Å². The molecule has 100 valence electrons. The summed E-state index contributed by atoms with van der Waals surface area (Å²) in [6.45, 7) is 0.596. The lowest BCUT2D eigenvalue weighted by Gasteiger charge is -2.07. The number of aromatic nitrogens is 4. The summed E-state index contributed by atoms with van der Waals surface area (Å²) >= 11 is 0. The minimum absolute atomic E-state index is 0.00759. The molecule has 6 heteroatoms. The lowest BCUT2D eigenvalue weighted by molar-refractivity contribution is -0.116. The van der Waals surface area contributed by atoms with Crippen LogP contribution in [0, 0.1) is 0 Å². The summed E-state index contributed by atoms with van der Waals surface area (Å²) in [4.78, 5) is 12.0. The van der Waals surface area contributed by atoms with Crippen LogP contribution >= 0.6 is 0 Å². The SMILES string of the molecule is Cn1nc2c(c1NC(=O)CCn1cccn1)CCC2. The Balaban J connectivity index is 1.63. The smallest absolute Gasteiger partial charge is 0.227 e. The van der Waals surface area contributed by atoms with Crippen LogP contribution < -0.4 is 5.32 Å². The summed E-state index contributed by atoms with van der Waals surface area (Å²) in [5.74, 6) is 0.867. The number of carbonyl (C=O) groups is 1. The molecule has 0 fully saturated rings. The highest BCUT2D eigenvalue weighted by atomic mass is 16.1. The van der Waals surface area contributed by atoms with Crippen molar-refractivity contribution >= 4 is 11.7 Å². The first-order valence-corrected chi connectivity index (χ1v) is 6.56. The standard InChI is InChI=1S/C13H17N5O/c1-17-13(10-4-2-5-11(10)16-17)15-12(19)6-9-18-8-3-7-14-18/h3,7-8H,2,4-6,9H2,1H3,(H,15,19). The molecule has 0 aliphatic heterocycles. The third-order valence-corrected chi connectivity index (χ3v) is 3.45. The van der Waals surface area contributed by atoms with Crippen LogP contribution in [0.5, 0.6) is 0 Å². The maximum Gasteiger partial charge on any atom is 0.227 e. The number of rotatable bonds is 4. The Morgan fingerprint density at radius 1 is 1.47 bits per heavy atom. The number of hydrogen-bond acceptors (Lipinski definition) is 3. The van der Waals surface area contributed by atoms with Gasteiger partial charge in [0.05, 0.1) is 5.69 Å². The zero-order valence-electron chi connectivity index (χ0n) is 11.0. The first-order chi connectivity index (χ1) is 9.24. The van der Waals surface area contributed by atoms with Gasteiger partial charge in [0.2, 0.25) is 5.91 Å². The van der Waals surface area contributed by atoms with Crippen LogP contribution in [-0.2, 0) is 31.2 Å². The van der Waals surface area contributed by atoms with E-state index >= 15 is 0 Å². The van der Waals surface area contributed by atoms with E-state index in [0.717, 1.165) is 30.8 Å². The highest BCUT2D eigenvalue weighted by Gasteiger charge is 2.21. The van der Waals surface area contributed by atoms with Crippen LogP contribution in [0.3, 0.4) is 0 Å². The third kappa shape index (κ3) is 2.38. The normalized spacial score (nSPS) is 13.5. The van der Waals surface area contributed by atoms with E-state index in [1.54, 1.807) is 15.6 Å². The highest BCUT2D eigenvalue weighted by molar-refractivity contribution is 5.90. The van der Waals surface area contributed by atoms with Gasteiger partial charge in [0.25, 0.3) is 0 Å². The van der Waals surface area contributed by atoms with Gasteiger partial charge in [-0.15, -0.1) is 0 Å². The number of nitrogens with one attached hydrogen (secondary N) is 1. The number of hydrogen-bond donors (Lipinski definition) is 1. The minimum atomic E-state index is 0.00759. The average molecular weight is 259 g/mol. The summed E-state index contributed by atoms with van der Waals surface area (Å²) in [6.07, 6.45) is 7.15. The Labute approximate surface area is 111 Å². The fourth-order valence-electron chi connectivity index (χ4n) is 2.52. The highest BCUT2D eigenvalue weighted by Crippen LogP contribution is 2.27. The first kappa shape index (κ1) is 12.0. The zero-order chi connectivity index (χ0) is 13.2. The molecule has 0 unspecified atom stereocenters. The lowest BCUT2D eigenvalue weighted by Crippen LogP contribution is -2.17. The topological polar surface area (TPSA) is 64.7 Å². The van der Waals surface area contributed by atoms with Crippen LogP contribution in [0.1, 0.15) is 24.1 Å². The lowest BCUT2D eigenvalue weighted by atomic mass is 10.2. The predicted molar refractivity (Wildman–Crippen MR) is 70.7 cm³/mol. The molecule has 2 aromatic heterocycles. The van der Waals surface area contributed by atoms with E-state index in [2.05, 4.69) is 15.5 Å². The van der Waals surface area contributed by atoms with Crippen molar-refractivity contribution in [1.29, 1.82) is 0 Å². The molecule has 1 aliphatic rings. The Kier molecular flexibility index (Phi) is 3.06. The first-order valence-electron chi connectivity index (χ1n) is 6.56. The Bertz CT molecular complexity index is 584. The van der Waals surface area contributed by atoms with Crippen LogP contribution in [0.2, 0.25) is 0 Å². The summed E-state index contributed by atoms with van der Waals surface area (Å²) in [7, 11) is 1.88. The molecule has 19 heavy (non-hydrogen) atoms. The van der Waals surface area contributed by atoms with Gasteiger partial charge >= 0.3 is 0 Å². The molecule has 2 heterocycles. The van der Waals surface area contributed by atoms with Gasteiger partial charge in [0.15, 0.2) is 0 Å². The van der Waals surface area contributed by atoms with Crippen LogP contribution in [0.25, 0.3) is 0 Å². The summed E-state index contributed by atoms with van der Waals surface area (Å²) in [6, 6.07) is 1.85. The molecule has 0 aromatic carbocycles. The third-order valence-electron chi connectivity index (χ3n) is 3.45. The van der Waals surface area contributed by atoms with Gasteiger partial charge in [0.1, 0.15) is 5.82 Å². The second kappa shape index (κ2) is 4.87. The van der Waals surface area contributed by atoms with Crippen molar-refractivity contribution in [2.24, 2.45) is 7.05 Å². The van der Waals surface area contributed by atoms with Gasteiger partial charge in [-0.3, -0.25) is 14.2 Å². The fraction of sp³-hybridized carbons (Fsp3) is 0.462. The van der Waals surface area contributed by atoms with E-state index in [4.69, 9.17) is 0 Å². The molecule has 6 nitrogen and oxygen atoms in total. The number of amides is 1. The summed E-state index contributed by atoms with van der Waals surface area (Å²) in [5, 5.41) is 11.5. The van der Waals surface area contributed by atoms with Crippen molar-refractivity contribution < 1.29 is 4.79 Å². The molecule has 0 saturated heterocycles. The van der Waals surface area contributed by atoms with Gasteiger partial charge in [0, 0.05) is 38.0 Å². The summed E-state index contributed by atoms with van der Waals surface area (Å²) in [5.41, 5.74) is 2.33. The Morgan fingerprint density at radius 2 is 2.37 bits per heavy atom. The minimum Gasteiger partial charge on any atom is -0.311 e. The molecule has 1 N–H and O–H groups in total.